The first-order valence-electron chi connectivity index (χ1n) is 7.15. The summed E-state index contributed by atoms with van der Waals surface area (Å²) in [7, 11) is 0. The van der Waals surface area contributed by atoms with E-state index in [9.17, 15) is 19.5 Å². The van der Waals surface area contributed by atoms with E-state index in [0.29, 0.717) is 0 Å². The first-order chi connectivity index (χ1) is 10.4. The minimum absolute atomic E-state index is 0.0590. The van der Waals surface area contributed by atoms with Crippen LogP contribution in [0.2, 0.25) is 0 Å². The first kappa shape index (κ1) is 17.7. The molecule has 0 aliphatic heterocycles. The Labute approximate surface area is 129 Å². The number of carboxylic acids is 1. The predicted octanol–water partition coefficient (Wildman–Crippen LogP) is 1.45. The number of carbonyl (C=O) groups excluding carboxylic acids is 2. The van der Waals surface area contributed by atoms with E-state index >= 15 is 0 Å². The molecule has 6 nitrogen and oxygen atoms in total. The zero-order chi connectivity index (χ0) is 16.5. The van der Waals surface area contributed by atoms with E-state index in [2.05, 4.69) is 5.32 Å². The highest BCUT2D eigenvalue weighted by atomic mass is 16.5. The molecule has 0 aliphatic carbocycles. The third-order valence-electron chi connectivity index (χ3n) is 3.06. The lowest BCUT2D eigenvalue weighted by atomic mass is 10.0. The molecule has 0 spiro atoms. The van der Waals surface area contributed by atoms with Gasteiger partial charge in [-0.25, -0.2) is 4.79 Å². The first-order valence-corrected chi connectivity index (χ1v) is 7.15. The minimum Gasteiger partial charge on any atom is -0.480 e. The van der Waals surface area contributed by atoms with Crippen LogP contribution in [0.4, 0.5) is 0 Å². The van der Waals surface area contributed by atoms with E-state index in [1.807, 2.05) is 31.2 Å². The highest BCUT2D eigenvalue weighted by Crippen LogP contribution is 2.07. The van der Waals surface area contributed by atoms with Gasteiger partial charge in [-0.05, 0) is 19.4 Å². The van der Waals surface area contributed by atoms with Gasteiger partial charge in [0.1, 0.15) is 6.04 Å². The maximum absolute atomic E-state index is 11.7. The van der Waals surface area contributed by atoms with Crippen molar-refractivity contribution in [2.45, 2.75) is 39.2 Å². The summed E-state index contributed by atoms with van der Waals surface area (Å²) in [6, 6.07) is 6.41. The molecule has 6 heteroatoms. The maximum atomic E-state index is 11.7. The van der Waals surface area contributed by atoms with Crippen LogP contribution in [-0.2, 0) is 25.5 Å². The monoisotopic (exact) mass is 307 g/mol. The highest BCUT2D eigenvalue weighted by Gasteiger charge is 2.20. The molecular weight excluding hydrogens is 286 g/mol. The highest BCUT2D eigenvalue weighted by molar-refractivity contribution is 5.85. The molecule has 22 heavy (non-hydrogen) atoms. The minimum atomic E-state index is -1.11. The standard InChI is InChI=1S/C16H21NO5/c1-3-22-15(19)9-8-14(18)17-13(16(20)21)10-12-6-4-11(2)5-7-12/h4-7,13H,3,8-10H2,1-2H3,(H,17,18)(H,20,21)/t13-/m1/s1. The Morgan fingerprint density at radius 3 is 2.36 bits per heavy atom. The fraction of sp³-hybridized carbons (Fsp3) is 0.438. The molecule has 1 aromatic carbocycles. The summed E-state index contributed by atoms with van der Waals surface area (Å²) < 4.78 is 4.72. The van der Waals surface area contributed by atoms with Crippen molar-refractivity contribution in [1.82, 2.24) is 5.32 Å². The summed E-state index contributed by atoms with van der Waals surface area (Å²) in [5.41, 5.74) is 1.90. The number of hydrogen-bond donors (Lipinski definition) is 2. The molecule has 0 saturated carbocycles. The summed E-state index contributed by atoms with van der Waals surface area (Å²) in [5.74, 6) is -2.05. The molecule has 0 radical (unpaired) electrons. The lowest BCUT2D eigenvalue weighted by Gasteiger charge is -2.14. The van der Waals surface area contributed by atoms with Crippen molar-refractivity contribution in [1.29, 1.82) is 0 Å². The van der Waals surface area contributed by atoms with E-state index in [1.165, 1.54) is 0 Å². The Morgan fingerprint density at radius 2 is 1.82 bits per heavy atom. The van der Waals surface area contributed by atoms with Crippen molar-refractivity contribution >= 4 is 17.8 Å². The molecule has 1 atom stereocenters. The van der Waals surface area contributed by atoms with E-state index in [1.54, 1.807) is 6.92 Å². The van der Waals surface area contributed by atoms with Crippen molar-refractivity contribution in [3.05, 3.63) is 35.4 Å². The van der Waals surface area contributed by atoms with Crippen molar-refractivity contribution in [3.8, 4) is 0 Å². The van der Waals surface area contributed by atoms with Gasteiger partial charge in [-0.3, -0.25) is 9.59 Å². The quantitative estimate of drug-likeness (QED) is 0.709. The number of carbonyl (C=O) groups is 3. The number of aliphatic carboxylic acids is 1. The number of nitrogens with one attached hydrogen (secondary N) is 1. The maximum Gasteiger partial charge on any atom is 0.326 e. The van der Waals surface area contributed by atoms with Crippen LogP contribution in [0.3, 0.4) is 0 Å². The second-order valence-electron chi connectivity index (χ2n) is 4.95. The van der Waals surface area contributed by atoms with Gasteiger partial charge < -0.3 is 15.2 Å². The van der Waals surface area contributed by atoms with Gasteiger partial charge in [0.05, 0.1) is 13.0 Å². The summed E-state index contributed by atoms with van der Waals surface area (Å²) in [5, 5.41) is 11.6. The molecule has 0 bridgehead atoms. The summed E-state index contributed by atoms with van der Waals surface area (Å²) in [4.78, 5) is 34.1. The number of benzene rings is 1. The normalized spacial score (nSPS) is 11.5. The Bertz CT molecular complexity index is 524. The number of esters is 1. The van der Waals surface area contributed by atoms with Crippen LogP contribution in [-0.4, -0.2) is 35.6 Å². The number of aryl methyl sites for hydroxylation is 1. The van der Waals surface area contributed by atoms with Crippen LogP contribution in [0.15, 0.2) is 24.3 Å². The average Bonchev–Trinajstić information content (AvgIpc) is 2.47. The lowest BCUT2D eigenvalue weighted by molar-refractivity contribution is -0.144. The number of hydrogen-bond acceptors (Lipinski definition) is 4. The number of carboxylic acid groups (broad SMARTS) is 1. The predicted molar refractivity (Wildman–Crippen MR) is 80.3 cm³/mol. The van der Waals surface area contributed by atoms with Crippen LogP contribution in [0.1, 0.15) is 30.9 Å². The third-order valence-corrected chi connectivity index (χ3v) is 3.06. The molecule has 1 rings (SSSR count). The third kappa shape index (κ3) is 6.39. The molecule has 120 valence electrons. The Hall–Kier alpha value is -2.37. The number of ether oxygens (including phenoxy) is 1. The van der Waals surface area contributed by atoms with Crippen molar-refractivity contribution in [3.63, 3.8) is 0 Å². The summed E-state index contributed by atoms with van der Waals surface area (Å²) in [6.07, 6.45) is 0.0494. The van der Waals surface area contributed by atoms with Crippen LogP contribution in [0.25, 0.3) is 0 Å². The Morgan fingerprint density at radius 1 is 1.18 bits per heavy atom. The molecule has 0 fully saturated rings. The fourth-order valence-electron chi connectivity index (χ4n) is 1.88. The molecule has 0 saturated heterocycles. The van der Waals surface area contributed by atoms with Gasteiger partial charge >= 0.3 is 11.9 Å². The summed E-state index contributed by atoms with van der Waals surface area (Å²) >= 11 is 0. The smallest absolute Gasteiger partial charge is 0.326 e. The van der Waals surface area contributed by atoms with Gasteiger partial charge in [-0.15, -0.1) is 0 Å². The van der Waals surface area contributed by atoms with Gasteiger partial charge in [0.25, 0.3) is 0 Å². The van der Waals surface area contributed by atoms with Crippen molar-refractivity contribution < 1.29 is 24.2 Å². The van der Waals surface area contributed by atoms with Crippen LogP contribution < -0.4 is 5.32 Å². The lowest BCUT2D eigenvalue weighted by Crippen LogP contribution is -2.42. The van der Waals surface area contributed by atoms with Gasteiger partial charge in [0.2, 0.25) is 5.91 Å². The van der Waals surface area contributed by atoms with Gasteiger partial charge in [0.15, 0.2) is 0 Å². The van der Waals surface area contributed by atoms with Gasteiger partial charge in [-0.1, -0.05) is 29.8 Å². The van der Waals surface area contributed by atoms with Crippen LogP contribution in [0.5, 0.6) is 0 Å². The largest absolute Gasteiger partial charge is 0.480 e. The van der Waals surface area contributed by atoms with Crippen LogP contribution >= 0.6 is 0 Å². The molecule has 0 unspecified atom stereocenters. The Kier molecular flexibility index (Phi) is 7.08. The van der Waals surface area contributed by atoms with E-state index in [4.69, 9.17) is 4.74 Å². The molecule has 0 heterocycles. The molecule has 0 aromatic heterocycles. The zero-order valence-corrected chi connectivity index (χ0v) is 12.8. The second kappa shape index (κ2) is 8.81. The second-order valence-corrected chi connectivity index (χ2v) is 4.95. The number of amides is 1. The van der Waals surface area contributed by atoms with Gasteiger partial charge in [0, 0.05) is 12.8 Å². The topological polar surface area (TPSA) is 92.7 Å². The SMILES string of the molecule is CCOC(=O)CCC(=O)N[C@H](Cc1ccc(C)cc1)C(=O)O. The average molecular weight is 307 g/mol. The Balaban J connectivity index is 2.53. The van der Waals surface area contributed by atoms with E-state index in [0.717, 1.165) is 11.1 Å². The zero-order valence-electron chi connectivity index (χ0n) is 12.8. The molecule has 1 aromatic rings. The molecule has 0 aliphatic rings. The number of rotatable bonds is 8. The molecular formula is C16H21NO5. The van der Waals surface area contributed by atoms with Crippen molar-refractivity contribution in [2.75, 3.05) is 6.61 Å². The molecule has 2 N–H and O–H groups in total. The van der Waals surface area contributed by atoms with Crippen molar-refractivity contribution in [2.24, 2.45) is 0 Å². The van der Waals surface area contributed by atoms with E-state index in [-0.39, 0.29) is 25.9 Å². The summed E-state index contributed by atoms with van der Waals surface area (Å²) in [6.45, 7) is 3.88. The fourth-order valence-corrected chi connectivity index (χ4v) is 1.88. The van der Waals surface area contributed by atoms with Crippen LogP contribution in [0, 0.1) is 6.92 Å². The van der Waals surface area contributed by atoms with Gasteiger partial charge in [-0.2, -0.15) is 0 Å². The molecule has 1 amide bonds. The van der Waals surface area contributed by atoms with E-state index < -0.39 is 23.9 Å².